The van der Waals surface area contributed by atoms with Crippen LogP contribution in [0.1, 0.15) is 19.2 Å². The van der Waals surface area contributed by atoms with Crippen LogP contribution < -0.4 is 5.32 Å². The minimum absolute atomic E-state index is 0.0719. The van der Waals surface area contributed by atoms with E-state index in [0.29, 0.717) is 12.1 Å². The van der Waals surface area contributed by atoms with Crippen LogP contribution in [-0.4, -0.2) is 22.0 Å². The molecule has 4 nitrogen and oxygen atoms in total. The number of carbonyl (C=O) groups is 1. The number of nitrogens with zero attached hydrogens (tertiary/aromatic N) is 2. The lowest BCUT2D eigenvalue weighted by molar-refractivity contribution is -0.117. The van der Waals surface area contributed by atoms with E-state index in [-0.39, 0.29) is 5.91 Å². The molecule has 1 amide bonds. The average molecular weight is 207 g/mol. The summed E-state index contributed by atoms with van der Waals surface area (Å²) in [6, 6.07) is 0. The van der Waals surface area contributed by atoms with Crippen molar-refractivity contribution >= 4 is 5.91 Å². The maximum atomic E-state index is 11.1. The minimum atomic E-state index is -0.0719. The van der Waals surface area contributed by atoms with Crippen LogP contribution in [0.25, 0.3) is 0 Å². The van der Waals surface area contributed by atoms with Crippen LogP contribution in [0.2, 0.25) is 0 Å². The van der Waals surface area contributed by atoms with Crippen molar-refractivity contribution in [2.45, 2.75) is 26.8 Å². The summed E-state index contributed by atoms with van der Waals surface area (Å²) >= 11 is 0. The highest BCUT2D eigenvalue weighted by Gasteiger charge is 2.00. The first-order valence-corrected chi connectivity index (χ1v) is 5.02. The molecule has 15 heavy (non-hydrogen) atoms. The third-order valence-electron chi connectivity index (χ3n) is 2.17. The van der Waals surface area contributed by atoms with E-state index in [2.05, 4.69) is 21.4 Å². The number of aryl methyl sites for hydroxylation is 2. The minimum Gasteiger partial charge on any atom is -0.352 e. The van der Waals surface area contributed by atoms with Crippen LogP contribution in [0.15, 0.2) is 24.5 Å². The van der Waals surface area contributed by atoms with Crippen molar-refractivity contribution in [1.29, 1.82) is 0 Å². The summed E-state index contributed by atoms with van der Waals surface area (Å²) in [6.07, 6.45) is 4.62. The molecule has 82 valence electrons. The average Bonchev–Trinajstić information content (AvgIpc) is 2.58. The molecular formula is C11H17N3O. The molecule has 4 heteroatoms. The molecule has 0 aliphatic heterocycles. The lowest BCUT2D eigenvalue weighted by Crippen LogP contribution is -2.25. The summed E-state index contributed by atoms with van der Waals surface area (Å²) in [5, 5.41) is 2.79. The Labute approximate surface area is 90.0 Å². The van der Waals surface area contributed by atoms with Gasteiger partial charge in [-0.1, -0.05) is 6.58 Å². The monoisotopic (exact) mass is 207 g/mol. The third kappa shape index (κ3) is 3.58. The smallest absolute Gasteiger partial charge is 0.246 e. The Balaban J connectivity index is 2.20. The summed E-state index contributed by atoms with van der Waals surface area (Å²) in [7, 11) is 0. The molecule has 0 aromatic carbocycles. The highest BCUT2D eigenvalue weighted by Crippen LogP contribution is 1.96. The van der Waals surface area contributed by atoms with Crippen molar-refractivity contribution in [3.63, 3.8) is 0 Å². The van der Waals surface area contributed by atoms with Crippen LogP contribution in [-0.2, 0) is 11.3 Å². The second-order valence-electron chi connectivity index (χ2n) is 3.56. The quantitative estimate of drug-likeness (QED) is 0.584. The van der Waals surface area contributed by atoms with E-state index in [9.17, 15) is 4.79 Å². The Kier molecular flexibility index (Phi) is 4.09. The summed E-state index contributed by atoms with van der Waals surface area (Å²) < 4.78 is 2.06. The van der Waals surface area contributed by atoms with Gasteiger partial charge in [-0.25, -0.2) is 4.98 Å². The van der Waals surface area contributed by atoms with E-state index in [4.69, 9.17) is 0 Å². The van der Waals surface area contributed by atoms with Crippen molar-refractivity contribution in [2.24, 2.45) is 0 Å². The van der Waals surface area contributed by atoms with Gasteiger partial charge in [0.2, 0.25) is 5.91 Å². The molecular weight excluding hydrogens is 190 g/mol. The van der Waals surface area contributed by atoms with E-state index in [0.717, 1.165) is 18.8 Å². The van der Waals surface area contributed by atoms with Crippen molar-refractivity contribution in [2.75, 3.05) is 6.54 Å². The van der Waals surface area contributed by atoms with Gasteiger partial charge in [0.25, 0.3) is 0 Å². The predicted molar refractivity (Wildman–Crippen MR) is 59.4 cm³/mol. The van der Waals surface area contributed by atoms with Gasteiger partial charge in [0.15, 0.2) is 0 Å². The van der Waals surface area contributed by atoms with E-state index in [1.807, 2.05) is 13.1 Å². The second kappa shape index (κ2) is 5.34. The molecule has 0 aliphatic rings. The Morgan fingerprint density at radius 2 is 2.40 bits per heavy atom. The second-order valence-corrected chi connectivity index (χ2v) is 3.56. The molecule has 0 saturated carbocycles. The first kappa shape index (κ1) is 11.5. The molecule has 1 heterocycles. The highest BCUT2D eigenvalue weighted by atomic mass is 16.1. The van der Waals surface area contributed by atoms with Crippen molar-refractivity contribution in [3.05, 3.63) is 30.4 Å². The number of carbonyl (C=O) groups excluding carboxylic acids is 1. The zero-order valence-corrected chi connectivity index (χ0v) is 9.29. The summed E-state index contributed by atoms with van der Waals surface area (Å²) in [6.45, 7) is 8.79. The number of rotatable bonds is 5. The largest absolute Gasteiger partial charge is 0.352 e. The standard InChI is InChI=1S/C11H17N3O/c1-9(2)11(15)13-5-4-7-14-8-6-12-10(14)3/h6,8H,1,4-5,7H2,2-3H3,(H,13,15). The molecule has 0 bridgehead atoms. The lowest BCUT2D eigenvalue weighted by Gasteiger charge is -2.06. The van der Waals surface area contributed by atoms with Crippen LogP contribution in [0.4, 0.5) is 0 Å². The lowest BCUT2D eigenvalue weighted by atomic mass is 10.3. The Bertz CT molecular complexity index is 354. The molecule has 1 N–H and O–H groups in total. The predicted octanol–water partition coefficient (Wildman–Crippen LogP) is 1.27. The number of imidazole rings is 1. The molecule has 1 aromatic heterocycles. The molecule has 0 fully saturated rings. The maximum absolute atomic E-state index is 11.1. The third-order valence-corrected chi connectivity index (χ3v) is 2.17. The van der Waals surface area contributed by atoms with Gasteiger partial charge in [0.05, 0.1) is 0 Å². The molecule has 0 saturated heterocycles. The fraction of sp³-hybridized carbons (Fsp3) is 0.455. The van der Waals surface area contributed by atoms with E-state index < -0.39 is 0 Å². The van der Waals surface area contributed by atoms with Crippen molar-refractivity contribution < 1.29 is 4.79 Å². The zero-order chi connectivity index (χ0) is 11.3. The number of hydrogen-bond acceptors (Lipinski definition) is 2. The summed E-state index contributed by atoms with van der Waals surface area (Å²) in [4.78, 5) is 15.3. The first-order valence-electron chi connectivity index (χ1n) is 5.02. The van der Waals surface area contributed by atoms with E-state index >= 15 is 0 Å². The SMILES string of the molecule is C=C(C)C(=O)NCCCn1ccnc1C. The summed E-state index contributed by atoms with van der Waals surface area (Å²) in [5.74, 6) is 0.929. The number of hydrogen-bond donors (Lipinski definition) is 1. The van der Waals surface area contributed by atoms with Gasteiger partial charge in [-0.15, -0.1) is 0 Å². The van der Waals surface area contributed by atoms with Gasteiger partial charge in [0, 0.05) is 31.1 Å². The van der Waals surface area contributed by atoms with Gasteiger partial charge in [-0.05, 0) is 20.3 Å². The van der Waals surface area contributed by atoms with E-state index in [1.54, 1.807) is 13.1 Å². The molecule has 1 aromatic rings. The van der Waals surface area contributed by atoms with Crippen LogP contribution in [0.3, 0.4) is 0 Å². The number of nitrogens with one attached hydrogen (secondary N) is 1. The number of amides is 1. The number of aromatic nitrogens is 2. The maximum Gasteiger partial charge on any atom is 0.246 e. The Morgan fingerprint density at radius 1 is 1.67 bits per heavy atom. The summed E-state index contributed by atoms with van der Waals surface area (Å²) in [5.41, 5.74) is 0.550. The molecule has 0 radical (unpaired) electrons. The molecule has 0 unspecified atom stereocenters. The fourth-order valence-corrected chi connectivity index (χ4v) is 1.24. The Morgan fingerprint density at radius 3 is 2.93 bits per heavy atom. The highest BCUT2D eigenvalue weighted by molar-refractivity contribution is 5.91. The Hall–Kier alpha value is -1.58. The van der Waals surface area contributed by atoms with Gasteiger partial charge in [-0.2, -0.15) is 0 Å². The zero-order valence-electron chi connectivity index (χ0n) is 9.29. The first-order chi connectivity index (χ1) is 7.11. The van der Waals surface area contributed by atoms with Gasteiger partial charge in [0.1, 0.15) is 5.82 Å². The molecule has 0 atom stereocenters. The van der Waals surface area contributed by atoms with Gasteiger partial charge < -0.3 is 9.88 Å². The van der Waals surface area contributed by atoms with Crippen LogP contribution in [0, 0.1) is 6.92 Å². The fourth-order valence-electron chi connectivity index (χ4n) is 1.24. The van der Waals surface area contributed by atoms with Crippen molar-refractivity contribution in [1.82, 2.24) is 14.9 Å². The van der Waals surface area contributed by atoms with Crippen molar-refractivity contribution in [3.8, 4) is 0 Å². The normalized spacial score (nSPS) is 10.0. The topological polar surface area (TPSA) is 46.9 Å². The molecule has 1 rings (SSSR count). The van der Waals surface area contributed by atoms with Gasteiger partial charge in [-0.3, -0.25) is 4.79 Å². The molecule has 0 aliphatic carbocycles. The van der Waals surface area contributed by atoms with E-state index in [1.165, 1.54) is 0 Å². The molecule has 0 spiro atoms. The van der Waals surface area contributed by atoms with Crippen LogP contribution in [0.5, 0.6) is 0 Å². The van der Waals surface area contributed by atoms with Gasteiger partial charge >= 0.3 is 0 Å². The van der Waals surface area contributed by atoms with Crippen LogP contribution >= 0.6 is 0 Å².